The standard InChI is InChI=1S/C22H27FO4/c1-4-19-20(25-14-17-11-7-8-12-18(17)23)21(22(24-3)27-19)26-13-16-10-6-5-9-15(16)2/h5-12,19-22H,4,13-14H2,1-3H3/t19-,20+,21-,22+/m1/s1. The first-order chi connectivity index (χ1) is 13.1. The van der Waals surface area contributed by atoms with Gasteiger partial charge in [0, 0.05) is 12.7 Å². The van der Waals surface area contributed by atoms with Crippen LogP contribution >= 0.6 is 0 Å². The van der Waals surface area contributed by atoms with Crippen molar-refractivity contribution in [2.75, 3.05) is 7.11 Å². The molecule has 1 heterocycles. The molecule has 0 bridgehead atoms. The molecule has 0 radical (unpaired) electrons. The zero-order valence-electron chi connectivity index (χ0n) is 16.1. The average Bonchev–Trinajstić information content (AvgIpc) is 3.03. The van der Waals surface area contributed by atoms with E-state index in [9.17, 15) is 4.39 Å². The second kappa shape index (κ2) is 9.42. The van der Waals surface area contributed by atoms with E-state index in [2.05, 4.69) is 13.0 Å². The number of hydrogen-bond acceptors (Lipinski definition) is 4. The van der Waals surface area contributed by atoms with Crippen molar-refractivity contribution in [3.8, 4) is 0 Å². The van der Waals surface area contributed by atoms with Crippen LogP contribution in [0.3, 0.4) is 0 Å². The normalized spacial score (nSPS) is 25.0. The molecule has 146 valence electrons. The van der Waals surface area contributed by atoms with Crippen LogP contribution < -0.4 is 0 Å². The number of rotatable bonds is 8. The van der Waals surface area contributed by atoms with Crippen molar-refractivity contribution >= 4 is 0 Å². The number of halogens is 1. The Morgan fingerprint density at radius 2 is 1.56 bits per heavy atom. The molecule has 0 spiro atoms. The van der Waals surface area contributed by atoms with E-state index >= 15 is 0 Å². The first-order valence-electron chi connectivity index (χ1n) is 9.33. The van der Waals surface area contributed by atoms with Gasteiger partial charge >= 0.3 is 0 Å². The van der Waals surface area contributed by atoms with Gasteiger partial charge in [-0.1, -0.05) is 49.4 Å². The number of aryl methyl sites for hydroxylation is 1. The van der Waals surface area contributed by atoms with Crippen molar-refractivity contribution in [3.05, 3.63) is 71.0 Å². The monoisotopic (exact) mass is 374 g/mol. The Hall–Kier alpha value is -1.79. The van der Waals surface area contributed by atoms with Crippen molar-refractivity contribution in [3.63, 3.8) is 0 Å². The minimum atomic E-state index is -0.510. The topological polar surface area (TPSA) is 36.9 Å². The fourth-order valence-electron chi connectivity index (χ4n) is 3.35. The third kappa shape index (κ3) is 4.74. The Morgan fingerprint density at radius 1 is 0.926 bits per heavy atom. The van der Waals surface area contributed by atoms with E-state index in [0.717, 1.165) is 12.0 Å². The second-order valence-corrected chi connectivity index (χ2v) is 6.76. The predicted molar refractivity (Wildman–Crippen MR) is 101 cm³/mol. The molecule has 1 aliphatic rings. The highest BCUT2D eigenvalue weighted by Crippen LogP contribution is 2.30. The number of hydrogen-bond donors (Lipinski definition) is 0. The largest absolute Gasteiger partial charge is 0.368 e. The molecule has 0 N–H and O–H groups in total. The molecule has 5 heteroatoms. The molecular weight excluding hydrogens is 347 g/mol. The highest BCUT2D eigenvalue weighted by molar-refractivity contribution is 5.24. The smallest absolute Gasteiger partial charge is 0.186 e. The van der Waals surface area contributed by atoms with Gasteiger partial charge in [0.25, 0.3) is 0 Å². The highest BCUT2D eigenvalue weighted by Gasteiger charge is 2.45. The number of methoxy groups -OCH3 is 1. The maximum Gasteiger partial charge on any atom is 0.186 e. The van der Waals surface area contributed by atoms with Crippen LogP contribution in [0.25, 0.3) is 0 Å². The first-order valence-corrected chi connectivity index (χ1v) is 9.33. The molecule has 27 heavy (non-hydrogen) atoms. The van der Waals surface area contributed by atoms with Gasteiger partial charge in [-0.15, -0.1) is 0 Å². The summed E-state index contributed by atoms with van der Waals surface area (Å²) in [4.78, 5) is 0. The summed E-state index contributed by atoms with van der Waals surface area (Å²) in [6, 6.07) is 14.7. The van der Waals surface area contributed by atoms with Gasteiger partial charge in [-0.25, -0.2) is 4.39 Å². The van der Waals surface area contributed by atoms with Gasteiger partial charge in [-0.3, -0.25) is 0 Å². The molecule has 2 aromatic rings. The van der Waals surface area contributed by atoms with Crippen LogP contribution in [0.1, 0.15) is 30.0 Å². The zero-order valence-corrected chi connectivity index (χ0v) is 16.1. The highest BCUT2D eigenvalue weighted by atomic mass is 19.1. The zero-order chi connectivity index (χ0) is 19.2. The lowest BCUT2D eigenvalue weighted by atomic mass is 10.1. The summed E-state index contributed by atoms with van der Waals surface area (Å²) in [6.45, 7) is 4.69. The third-order valence-corrected chi connectivity index (χ3v) is 4.98. The summed E-state index contributed by atoms with van der Waals surface area (Å²) in [5.74, 6) is -0.273. The van der Waals surface area contributed by atoms with Crippen molar-refractivity contribution in [1.29, 1.82) is 0 Å². The maximum atomic E-state index is 13.9. The van der Waals surface area contributed by atoms with E-state index in [1.165, 1.54) is 11.6 Å². The average molecular weight is 374 g/mol. The van der Waals surface area contributed by atoms with Gasteiger partial charge in [0.05, 0.1) is 19.3 Å². The van der Waals surface area contributed by atoms with Crippen LogP contribution in [0.5, 0.6) is 0 Å². The van der Waals surface area contributed by atoms with E-state index in [4.69, 9.17) is 18.9 Å². The SMILES string of the molecule is CC[C@H]1O[C@H](OC)[C@H](OCc2ccccc2C)[C@H]1OCc1ccccc1F. The summed E-state index contributed by atoms with van der Waals surface area (Å²) in [5.41, 5.74) is 2.80. The Morgan fingerprint density at radius 3 is 2.22 bits per heavy atom. The van der Waals surface area contributed by atoms with Gasteiger partial charge in [0.15, 0.2) is 6.29 Å². The Bertz CT molecular complexity index is 674. The number of ether oxygens (including phenoxy) is 4. The molecule has 0 aliphatic carbocycles. The summed E-state index contributed by atoms with van der Waals surface area (Å²) >= 11 is 0. The van der Waals surface area contributed by atoms with Crippen LogP contribution in [-0.4, -0.2) is 31.7 Å². The van der Waals surface area contributed by atoms with Gasteiger partial charge in [-0.2, -0.15) is 0 Å². The van der Waals surface area contributed by atoms with Crippen LogP contribution in [0.15, 0.2) is 48.5 Å². The molecular formula is C22H27FO4. The van der Waals surface area contributed by atoms with Gasteiger partial charge in [-0.05, 0) is 30.5 Å². The molecule has 0 unspecified atom stereocenters. The molecule has 2 aromatic carbocycles. The summed E-state index contributed by atoms with van der Waals surface area (Å²) in [5, 5.41) is 0. The first kappa shape index (κ1) is 20.0. The maximum absolute atomic E-state index is 13.9. The third-order valence-electron chi connectivity index (χ3n) is 4.98. The van der Waals surface area contributed by atoms with Gasteiger partial charge in [0.2, 0.25) is 0 Å². The molecule has 0 saturated carbocycles. The molecule has 0 amide bonds. The van der Waals surface area contributed by atoms with Gasteiger partial charge < -0.3 is 18.9 Å². The fourth-order valence-corrected chi connectivity index (χ4v) is 3.35. The summed E-state index contributed by atoms with van der Waals surface area (Å²) in [6.07, 6.45) is -0.630. The predicted octanol–water partition coefficient (Wildman–Crippen LogP) is 4.39. The van der Waals surface area contributed by atoms with Crippen molar-refractivity contribution < 1.29 is 23.3 Å². The molecule has 4 atom stereocenters. The van der Waals surface area contributed by atoms with Crippen molar-refractivity contribution in [2.45, 2.75) is 58.1 Å². The van der Waals surface area contributed by atoms with Gasteiger partial charge in [0.1, 0.15) is 18.0 Å². The Balaban J connectivity index is 1.71. The molecule has 0 aromatic heterocycles. The lowest BCUT2D eigenvalue weighted by Gasteiger charge is -2.24. The van der Waals surface area contributed by atoms with Crippen molar-refractivity contribution in [2.24, 2.45) is 0 Å². The summed E-state index contributed by atoms with van der Waals surface area (Å²) < 4.78 is 37.6. The fraction of sp³-hybridized carbons (Fsp3) is 0.455. The minimum absolute atomic E-state index is 0.163. The van der Waals surface area contributed by atoms with E-state index < -0.39 is 6.29 Å². The molecule has 1 fully saturated rings. The molecule has 3 rings (SSSR count). The van der Waals surface area contributed by atoms with Crippen LogP contribution in [0.2, 0.25) is 0 Å². The summed E-state index contributed by atoms with van der Waals surface area (Å²) in [7, 11) is 1.60. The lowest BCUT2D eigenvalue weighted by molar-refractivity contribution is -0.166. The quantitative estimate of drug-likeness (QED) is 0.687. The Labute approximate surface area is 160 Å². The number of benzene rings is 2. The second-order valence-electron chi connectivity index (χ2n) is 6.76. The minimum Gasteiger partial charge on any atom is -0.368 e. The van der Waals surface area contributed by atoms with Crippen LogP contribution in [0, 0.1) is 12.7 Å². The van der Waals surface area contributed by atoms with Crippen LogP contribution in [-0.2, 0) is 32.2 Å². The van der Waals surface area contributed by atoms with Crippen LogP contribution in [0.4, 0.5) is 4.39 Å². The van der Waals surface area contributed by atoms with E-state index in [0.29, 0.717) is 12.2 Å². The lowest BCUT2D eigenvalue weighted by Crippen LogP contribution is -2.38. The van der Waals surface area contributed by atoms with E-state index in [1.807, 2.05) is 25.1 Å². The van der Waals surface area contributed by atoms with Crippen molar-refractivity contribution in [1.82, 2.24) is 0 Å². The molecule has 4 nitrogen and oxygen atoms in total. The van der Waals surface area contributed by atoms with E-state index in [-0.39, 0.29) is 30.7 Å². The molecule has 1 aliphatic heterocycles. The molecule has 1 saturated heterocycles. The van der Waals surface area contributed by atoms with E-state index in [1.54, 1.807) is 25.3 Å². The Kier molecular flexibility index (Phi) is 6.96.